The lowest BCUT2D eigenvalue weighted by atomic mass is 10.1. The second kappa shape index (κ2) is 8.95. The number of nitrogens with zero attached hydrogens (tertiary/aromatic N) is 3. The summed E-state index contributed by atoms with van der Waals surface area (Å²) in [7, 11) is 0. The molecule has 1 saturated heterocycles. The molecule has 1 N–H and O–H groups in total. The molecule has 0 spiro atoms. The minimum Gasteiger partial charge on any atom is -0.342 e. The second-order valence-electron chi connectivity index (χ2n) is 7.83. The molecule has 0 radical (unpaired) electrons. The lowest BCUT2D eigenvalue weighted by molar-refractivity contribution is -0.128. The van der Waals surface area contributed by atoms with Gasteiger partial charge in [0.1, 0.15) is 5.82 Å². The number of carbonyl (C=O) groups is 2. The highest BCUT2D eigenvalue weighted by atomic mass is 16.2. The second-order valence-corrected chi connectivity index (χ2v) is 7.83. The molecule has 154 valence electrons. The fourth-order valence-corrected chi connectivity index (χ4v) is 3.85. The highest BCUT2D eigenvalue weighted by molar-refractivity contribution is 5.96. The molecule has 6 nitrogen and oxygen atoms in total. The number of aromatic nitrogens is 2. The number of aryl methyl sites for hydroxylation is 1. The molecule has 1 aromatic heterocycles. The number of benzene rings is 2. The number of likely N-dealkylation sites (tertiary alicyclic amines) is 1. The summed E-state index contributed by atoms with van der Waals surface area (Å²) >= 11 is 0. The Kier molecular flexibility index (Phi) is 5.93. The molecule has 1 atom stereocenters. The smallest absolute Gasteiger partial charge is 0.230 e. The van der Waals surface area contributed by atoms with Crippen molar-refractivity contribution in [3.8, 4) is 0 Å². The minimum atomic E-state index is -0.337. The van der Waals surface area contributed by atoms with Gasteiger partial charge in [-0.15, -0.1) is 0 Å². The highest BCUT2D eigenvalue weighted by Crippen LogP contribution is 2.21. The lowest BCUT2D eigenvalue weighted by Gasteiger charge is -2.17. The fraction of sp³-hybridized carbons (Fsp3) is 0.292. The summed E-state index contributed by atoms with van der Waals surface area (Å²) in [4.78, 5) is 27.0. The van der Waals surface area contributed by atoms with E-state index >= 15 is 0 Å². The maximum Gasteiger partial charge on any atom is 0.230 e. The van der Waals surface area contributed by atoms with Gasteiger partial charge in [-0.25, -0.2) is 4.68 Å². The van der Waals surface area contributed by atoms with E-state index in [1.165, 1.54) is 11.1 Å². The van der Waals surface area contributed by atoms with E-state index in [2.05, 4.69) is 41.6 Å². The van der Waals surface area contributed by atoms with Crippen molar-refractivity contribution in [3.05, 3.63) is 83.6 Å². The van der Waals surface area contributed by atoms with Crippen molar-refractivity contribution in [2.75, 3.05) is 18.4 Å². The van der Waals surface area contributed by atoms with Gasteiger partial charge in [-0.05, 0) is 24.5 Å². The van der Waals surface area contributed by atoms with Crippen molar-refractivity contribution in [3.63, 3.8) is 0 Å². The van der Waals surface area contributed by atoms with E-state index in [1.54, 1.807) is 21.8 Å². The first-order valence-corrected chi connectivity index (χ1v) is 10.3. The van der Waals surface area contributed by atoms with Crippen LogP contribution in [0.15, 0.2) is 66.9 Å². The fourth-order valence-electron chi connectivity index (χ4n) is 3.85. The number of anilines is 1. The van der Waals surface area contributed by atoms with Gasteiger partial charge >= 0.3 is 0 Å². The van der Waals surface area contributed by atoms with Gasteiger partial charge in [-0.2, -0.15) is 5.10 Å². The third-order valence-electron chi connectivity index (χ3n) is 5.48. The first kappa shape index (κ1) is 19.9. The van der Waals surface area contributed by atoms with Crippen molar-refractivity contribution in [2.24, 2.45) is 5.92 Å². The first-order valence-electron chi connectivity index (χ1n) is 10.3. The molecular weight excluding hydrogens is 376 g/mol. The Morgan fingerprint density at radius 1 is 1.10 bits per heavy atom. The van der Waals surface area contributed by atoms with Crippen LogP contribution in [0.5, 0.6) is 0 Å². The van der Waals surface area contributed by atoms with Crippen LogP contribution in [-0.4, -0.2) is 39.6 Å². The largest absolute Gasteiger partial charge is 0.342 e. The van der Waals surface area contributed by atoms with E-state index in [0.29, 0.717) is 25.5 Å². The summed E-state index contributed by atoms with van der Waals surface area (Å²) < 4.78 is 1.77. The van der Waals surface area contributed by atoms with E-state index in [-0.39, 0.29) is 24.2 Å². The first-order chi connectivity index (χ1) is 14.6. The molecule has 2 heterocycles. The third-order valence-corrected chi connectivity index (χ3v) is 5.48. The highest BCUT2D eigenvalue weighted by Gasteiger charge is 2.34. The van der Waals surface area contributed by atoms with E-state index in [0.717, 1.165) is 12.0 Å². The molecule has 1 unspecified atom stereocenters. The maximum atomic E-state index is 12.8. The Balaban J connectivity index is 1.34. The summed E-state index contributed by atoms with van der Waals surface area (Å²) in [5, 5.41) is 7.30. The molecule has 4 rings (SSSR count). The molecule has 1 aliphatic rings. The number of amides is 2. The number of carbonyl (C=O) groups excluding carboxylic acids is 2. The summed E-state index contributed by atoms with van der Waals surface area (Å²) in [6, 6.07) is 20.1. The monoisotopic (exact) mass is 402 g/mol. The summed E-state index contributed by atoms with van der Waals surface area (Å²) in [6.45, 7) is 3.73. The Bertz CT molecular complexity index is 1030. The molecule has 1 fully saturated rings. The van der Waals surface area contributed by atoms with Crippen LogP contribution in [0, 0.1) is 12.8 Å². The maximum absolute atomic E-state index is 12.8. The number of hydrogen-bond donors (Lipinski definition) is 1. The van der Waals surface area contributed by atoms with Crippen molar-refractivity contribution >= 4 is 17.6 Å². The summed E-state index contributed by atoms with van der Waals surface area (Å²) in [6.07, 6.45) is 2.73. The van der Waals surface area contributed by atoms with Gasteiger partial charge in [0.25, 0.3) is 0 Å². The Morgan fingerprint density at radius 3 is 2.70 bits per heavy atom. The average Bonchev–Trinajstić information content (AvgIpc) is 3.33. The standard InChI is InChI=1S/C24H26N4O2/c1-18-6-5-9-20(14-18)16-28-22(10-12-25-28)26-24(30)21-15-23(29)27(17-21)13-11-19-7-3-2-4-8-19/h2-10,12,14,21H,11,13,15-17H2,1H3,(H,26,30). The Hall–Kier alpha value is -3.41. The molecule has 0 bridgehead atoms. The number of nitrogens with one attached hydrogen (secondary N) is 1. The molecule has 3 aromatic rings. The molecular formula is C24H26N4O2. The van der Waals surface area contributed by atoms with Gasteiger partial charge in [0.05, 0.1) is 18.7 Å². The van der Waals surface area contributed by atoms with Gasteiger partial charge in [-0.3, -0.25) is 9.59 Å². The normalized spacial score (nSPS) is 16.1. The third kappa shape index (κ3) is 4.76. The van der Waals surface area contributed by atoms with Crippen LogP contribution in [0.3, 0.4) is 0 Å². The van der Waals surface area contributed by atoms with Gasteiger partial charge in [0.2, 0.25) is 11.8 Å². The lowest BCUT2D eigenvalue weighted by Crippen LogP contribution is -2.30. The van der Waals surface area contributed by atoms with Crippen molar-refractivity contribution in [1.29, 1.82) is 0 Å². The van der Waals surface area contributed by atoms with E-state index in [1.807, 2.05) is 30.3 Å². The quantitative estimate of drug-likeness (QED) is 0.660. The summed E-state index contributed by atoms with van der Waals surface area (Å²) in [5.41, 5.74) is 3.50. The van der Waals surface area contributed by atoms with Crippen LogP contribution in [0.4, 0.5) is 5.82 Å². The minimum absolute atomic E-state index is 0.0411. The van der Waals surface area contributed by atoms with Crippen LogP contribution in [0.1, 0.15) is 23.1 Å². The summed E-state index contributed by atoms with van der Waals surface area (Å²) in [5.74, 6) is 0.225. The van der Waals surface area contributed by atoms with Crippen LogP contribution in [0.2, 0.25) is 0 Å². The van der Waals surface area contributed by atoms with Gasteiger partial charge < -0.3 is 10.2 Å². The Labute approximate surface area is 176 Å². The molecule has 0 aliphatic carbocycles. The molecule has 2 aromatic carbocycles. The molecule has 1 aliphatic heterocycles. The molecule has 2 amide bonds. The van der Waals surface area contributed by atoms with E-state index in [9.17, 15) is 9.59 Å². The average molecular weight is 402 g/mol. The van der Waals surface area contributed by atoms with Gasteiger partial charge in [-0.1, -0.05) is 60.2 Å². The molecule has 0 saturated carbocycles. The zero-order chi connectivity index (χ0) is 20.9. The van der Waals surface area contributed by atoms with Gasteiger partial charge in [0.15, 0.2) is 0 Å². The van der Waals surface area contributed by atoms with Crippen molar-refractivity contribution in [2.45, 2.75) is 26.3 Å². The van der Waals surface area contributed by atoms with Crippen LogP contribution in [-0.2, 0) is 22.6 Å². The van der Waals surface area contributed by atoms with Gasteiger partial charge in [0, 0.05) is 25.6 Å². The van der Waals surface area contributed by atoms with E-state index in [4.69, 9.17) is 0 Å². The molecule has 6 heteroatoms. The van der Waals surface area contributed by atoms with Crippen molar-refractivity contribution < 1.29 is 9.59 Å². The van der Waals surface area contributed by atoms with Crippen molar-refractivity contribution in [1.82, 2.24) is 14.7 Å². The zero-order valence-corrected chi connectivity index (χ0v) is 17.1. The molecule has 30 heavy (non-hydrogen) atoms. The van der Waals surface area contributed by atoms with Crippen LogP contribution >= 0.6 is 0 Å². The number of hydrogen-bond acceptors (Lipinski definition) is 3. The van der Waals surface area contributed by atoms with E-state index < -0.39 is 0 Å². The number of rotatable bonds is 7. The topological polar surface area (TPSA) is 67.2 Å². The zero-order valence-electron chi connectivity index (χ0n) is 17.1. The SMILES string of the molecule is Cc1cccc(Cn2nccc2NC(=O)C2CC(=O)N(CCc3ccccc3)C2)c1. The predicted octanol–water partition coefficient (Wildman–Crippen LogP) is 3.27. The van der Waals surface area contributed by atoms with Crippen LogP contribution in [0.25, 0.3) is 0 Å². The Morgan fingerprint density at radius 2 is 1.90 bits per heavy atom. The van der Waals surface area contributed by atoms with Crippen LogP contribution < -0.4 is 5.32 Å². The predicted molar refractivity (Wildman–Crippen MR) is 116 cm³/mol.